The van der Waals surface area contributed by atoms with Crippen LogP contribution in [0.2, 0.25) is 0 Å². The van der Waals surface area contributed by atoms with E-state index in [-0.39, 0.29) is 5.82 Å². The van der Waals surface area contributed by atoms with Crippen molar-refractivity contribution < 1.29 is 4.39 Å². The number of hydrogen-bond acceptors (Lipinski definition) is 2. The number of pyridine rings is 1. The zero-order chi connectivity index (χ0) is 13.7. The van der Waals surface area contributed by atoms with Crippen molar-refractivity contribution in [3.63, 3.8) is 0 Å². The van der Waals surface area contributed by atoms with Gasteiger partial charge in [0.25, 0.3) is 0 Å². The first-order valence-corrected chi connectivity index (χ1v) is 7.03. The van der Waals surface area contributed by atoms with Gasteiger partial charge in [-0.25, -0.2) is 4.39 Å². The zero-order valence-corrected chi connectivity index (χ0v) is 12.4. The molecular weight excluding hydrogens is 307 g/mol. The van der Waals surface area contributed by atoms with Crippen LogP contribution in [0.4, 0.5) is 4.39 Å². The van der Waals surface area contributed by atoms with Gasteiger partial charge in [0, 0.05) is 35.5 Å². The van der Waals surface area contributed by atoms with E-state index >= 15 is 0 Å². The maximum Gasteiger partial charge on any atom is 0.128 e. The van der Waals surface area contributed by atoms with Gasteiger partial charge in [-0.15, -0.1) is 0 Å². The Balaban J connectivity index is 2.06. The molecule has 2 aromatic rings. The van der Waals surface area contributed by atoms with Gasteiger partial charge in [0.1, 0.15) is 5.82 Å². The first kappa shape index (κ1) is 14.2. The van der Waals surface area contributed by atoms with E-state index in [1.807, 2.05) is 24.3 Å². The van der Waals surface area contributed by atoms with Gasteiger partial charge in [0.15, 0.2) is 0 Å². The van der Waals surface area contributed by atoms with Crippen molar-refractivity contribution >= 4 is 15.9 Å². The minimum absolute atomic E-state index is 0.164. The molecule has 19 heavy (non-hydrogen) atoms. The number of halogens is 2. The molecule has 0 bridgehead atoms. The molecule has 1 aromatic heterocycles. The predicted molar refractivity (Wildman–Crippen MR) is 78.1 cm³/mol. The highest BCUT2D eigenvalue weighted by Crippen LogP contribution is 2.17. The van der Waals surface area contributed by atoms with Gasteiger partial charge >= 0.3 is 0 Å². The first-order chi connectivity index (χ1) is 9.19. The van der Waals surface area contributed by atoms with Gasteiger partial charge in [0.05, 0.1) is 0 Å². The van der Waals surface area contributed by atoms with E-state index in [0.29, 0.717) is 6.54 Å². The largest absolute Gasteiger partial charge is 0.295 e. The number of nitrogens with zero attached hydrogens (tertiary/aromatic N) is 2. The molecule has 0 aliphatic carbocycles. The Bertz CT molecular complexity index is 531. The quantitative estimate of drug-likeness (QED) is 0.827. The summed E-state index contributed by atoms with van der Waals surface area (Å²) >= 11 is 3.27. The Morgan fingerprint density at radius 3 is 2.53 bits per heavy atom. The molecule has 0 fully saturated rings. The third-order valence-electron chi connectivity index (χ3n) is 3.01. The molecule has 0 saturated carbocycles. The zero-order valence-electron chi connectivity index (χ0n) is 10.8. The molecule has 2 nitrogen and oxygen atoms in total. The lowest BCUT2D eigenvalue weighted by Gasteiger charge is -2.20. The van der Waals surface area contributed by atoms with Crippen LogP contribution in [-0.4, -0.2) is 16.4 Å². The smallest absolute Gasteiger partial charge is 0.128 e. The molecule has 0 atom stereocenters. The average Bonchev–Trinajstić information content (AvgIpc) is 2.42. The number of aromatic nitrogens is 1. The summed E-state index contributed by atoms with van der Waals surface area (Å²) < 4.78 is 14.6. The van der Waals surface area contributed by atoms with Crippen molar-refractivity contribution in [3.8, 4) is 0 Å². The van der Waals surface area contributed by atoms with Crippen molar-refractivity contribution in [1.82, 2.24) is 9.88 Å². The summed E-state index contributed by atoms with van der Waals surface area (Å²) in [5, 5.41) is 0. The molecular formula is C15H16BrFN2. The summed E-state index contributed by atoms with van der Waals surface area (Å²) in [4.78, 5) is 6.20. The lowest BCUT2D eigenvalue weighted by atomic mass is 10.2. The fourth-order valence-corrected chi connectivity index (χ4v) is 2.25. The van der Waals surface area contributed by atoms with E-state index < -0.39 is 0 Å². The molecule has 1 aromatic carbocycles. The molecule has 0 saturated heterocycles. The third-order valence-corrected chi connectivity index (χ3v) is 3.51. The van der Waals surface area contributed by atoms with Crippen molar-refractivity contribution in [2.75, 3.05) is 6.54 Å². The minimum Gasteiger partial charge on any atom is -0.295 e. The SMILES string of the molecule is CCN(Cc1ccncc1)Cc1ccc(Br)cc1F. The molecule has 0 amide bonds. The van der Waals surface area contributed by atoms with Gasteiger partial charge in [-0.3, -0.25) is 9.88 Å². The Morgan fingerprint density at radius 2 is 1.89 bits per heavy atom. The van der Waals surface area contributed by atoms with Gasteiger partial charge in [-0.2, -0.15) is 0 Å². The fourth-order valence-electron chi connectivity index (χ4n) is 1.92. The third kappa shape index (κ3) is 4.11. The molecule has 0 radical (unpaired) electrons. The Labute approximate surface area is 121 Å². The number of hydrogen-bond donors (Lipinski definition) is 0. The second kappa shape index (κ2) is 6.78. The van der Waals surface area contributed by atoms with Crippen LogP contribution in [0.25, 0.3) is 0 Å². The van der Waals surface area contributed by atoms with Crippen molar-refractivity contribution in [2.24, 2.45) is 0 Å². The highest BCUT2D eigenvalue weighted by molar-refractivity contribution is 9.10. The molecule has 1 heterocycles. The van der Waals surface area contributed by atoms with Gasteiger partial charge in [0.2, 0.25) is 0 Å². The Kier molecular flexibility index (Phi) is 5.05. The van der Waals surface area contributed by atoms with E-state index in [2.05, 4.69) is 32.7 Å². The molecule has 0 spiro atoms. The molecule has 4 heteroatoms. The second-order valence-electron chi connectivity index (χ2n) is 4.39. The van der Waals surface area contributed by atoms with Crippen LogP contribution >= 0.6 is 15.9 Å². The number of rotatable bonds is 5. The lowest BCUT2D eigenvalue weighted by Crippen LogP contribution is -2.22. The van der Waals surface area contributed by atoms with E-state index in [0.717, 1.165) is 23.1 Å². The monoisotopic (exact) mass is 322 g/mol. The van der Waals surface area contributed by atoms with Crippen LogP contribution in [-0.2, 0) is 13.1 Å². The van der Waals surface area contributed by atoms with E-state index in [4.69, 9.17) is 0 Å². The Morgan fingerprint density at radius 1 is 1.16 bits per heavy atom. The molecule has 0 aliphatic heterocycles. The maximum absolute atomic E-state index is 13.8. The van der Waals surface area contributed by atoms with Gasteiger partial charge in [-0.05, 0) is 36.4 Å². The predicted octanol–water partition coefficient (Wildman–Crippen LogP) is 4.01. The molecule has 0 N–H and O–H groups in total. The average molecular weight is 323 g/mol. The molecule has 100 valence electrons. The van der Waals surface area contributed by atoms with Crippen molar-refractivity contribution in [3.05, 3.63) is 64.1 Å². The molecule has 0 aliphatic rings. The van der Waals surface area contributed by atoms with Crippen LogP contribution < -0.4 is 0 Å². The topological polar surface area (TPSA) is 16.1 Å². The first-order valence-electron chi connectivity index (χ1n) is 6.24. The second-order valence-corrected chi connectivity index (χ2v) is 5.31. The standard InChI is InChI=1S/C15H16BrFN2/c1-2-19(10-12-5-7-18-8-6-12)11-13-3-4-14(16)9-15(13)17/h3-9H,2,10-11H2,1H3. The summed E-state index contributed by atoms with van der Waals surface area (Å²) in [6, 6.07) is 9.18. The highest BCUT2D eigenvalue weighted by atomic mass is 79.9. The summed E-state index contributed by atoms with van der Waals surface area (Å²) in [5.74, 6) is -0.164. The lowest BCUT2D eigenvalue weighted by molar-refractivity contribution is 0.267. The minimum atomic E-state index is -0.164. The summed E-state index contributed by atoms with van der Waals surface area (Å²) in [6.45, 7) is 4.36. The Hall–Kier alpha value is -1.26. The summed E-state index contributed by atoms with van der Waals surface area (Å²) in [6.07, 6.45) is 3.56. The summed E-state index contributed by atoms with van der Waals surface area (Å²) in [5.41, 5.74) is 1.91. The molecule has 2 rings (SSSR count). The molecule has 0 unspecified atom stereocenters. The van der Waals surface area contributed by atoms with E-state index in [1.54, 1.807) is 12.4 Å². The van der Waals surface area contributed by atoms with Crippen LogP contribution in [0, 0.1) is 5.82 Å². The van der Waals surface area contributed by atoms with Crippen LogP contribution in [0.1, 0.15) is 18.1 Å². The van der Waals surface area contributed by atoms with Gasteiger partial charge in [-0.1, -0.05) is 28.9 Å². The van der Waals surface area contributed by atoms with E-state index in [9.17, 15) is 4.39 Å². The van der Waals surface area contributed by atoms with Crippen molar-refractivity contribution in [1.29, 1.82) is 0 Å². The highest BCUT2D eigenvalue weighted by Gasteiger charge is 2.09. The number of benzene rings is 1. The van der Waals surface area contributed by atoms with Crippen LogP contribution in [0.3, 0.4) is 0 Å². The fraction of sp³-hybridized carbons (Fsp3) is 0.267. The van der Waals surface area contributed by atoms with Crippen LogP contribution in [0.15, 0.2) is 47.2 Å². The van der Waals surface area contributed by atoms with Crippen LogP contribution in [0.5, 0.6) is 0 Å². The van der Waals surface area contributed by atoms with E-state index in [1.165, 1.54) is 11.6 Å². The maximum atomic E-state index is 13.8. The normalized spacial score (nSPS) is 10.9. The van der Waals surface area contributed by atoms with Crippen molar-refractivity contribution in [2.45, 2.75) is 20.0 Å². The summed E-state index contributed by atoms with van der Waals surface area (Å²) in [7, 11) is 0. The van der Waals surface area contributed by atoms with Gasteiger partial charge < -0.3 is 0 Å².